The fraction of sp³-hybridized carbons (Fsp3) is 0.714. The van der Waals surface area contributed by atoms with Gasteiger partial charge in [-0.25, -0.2) is 0 Å². The van der Waals surface area contributed by atoms with Crippen molar-refractivity contribution in [2.75, 3.05) is 19.8 Å². The van der Waals surface area contributed by atoms with E-state index in [-0.39, 0.29) is 12.1 Å². The number of rotatable bonds is 5. The van der Waals surface area contributed by atoms with Crippen molar-refractivity contribution in [2.24, 2.45) is 0 Å². The third-order valence-electron chi connectivity index (χ3n) is 3.74. The molecule has 0 radical (unpaired) electrons. The molecule has 0 spiro atoms. The highest BCUT2D eigenvalue weighted by atomic mass is 32.2. The van der Waals surface area contributed by atoms with Gasteiger partial charge in [-0.15, -0.1) is 11.3 Å². The van der Waals surface area contributed by atoms with Crippen LogP contribution < -0.4 is 0 Å². The maximum Gasteiger partial charge on any atom is 0.282 e. The molecule has 2 heterocycles. The average molecular weight is 332 g/mol. The van der Waals surface area contributed by atoms with Gasteiger partial charge in [0.1, 0.15) is 0 Å². The average Bonchev–Trinajstić information content (AvgIpc) is 2.81. The Morgan fingerprint density at radius 2 is 2.24 bits per heavy atom. The first-order chi connectivity index (χ1) is 9.84. The van der Waals surface area contributed by atoms with Crippen LogP contribution >= 0.6 is 11.3 Å². The number of aryl methyl sites for hydroxylation is 1. The van der Waals surface area contributed by atoms with Gasteiger partial charge in [-0.2, -0.15) is 17.0 Å². The van der Waals surface area contributed by atoms with E-state index < -0.39 is 10.2 Å². The number of hydrogen-bond acceptors (Lipinski definition) is 4. The first kappa shape index (κ1) is 16.9. The second-order valence-electron chi connectivity index (χ2n) is 5.71. The van der Waals surface area contributed by atoms with Gasteiger partial charge in [0.15, 0.2) is 0 Å². The van der Waals surface area contributed by atoms with E-state index in [9.17, 15) is 8.42 Å². The Labute approximate surface area is 131 Å². The van der Waals surface area contributed by atoms with Gasteiger partial charge in [-0.3, -0.25) is 0 Å². The van der Waals surface area contributed by atoms with Crippen LogP contribution in [0.4, 0.5) is 0 Å². The van der Waals surface area contributed by atoms with Crippen LogP contribution in [-0.2, 0) is 21.5 Å². The van der Waals surface area contributed by atoms with Gasteiger partial charge < -0.3 is 4.74 Å². The Kier molecular flexibility index (Phi) is 5.43. The van der Waals surface area contributed by atoms with Crippen LogP contribution in [0, 0.1) is 6.92 Å². The molecule has 1 aliphatic heterocycles. The number of hydrogen-bond donors (Lipinski definition) is 0. The Morgan fingerprint density at radius 1 is 1.52 bits per heavy atom. The molecule has 0 unspecified atom stereocenters. The van der Waals surface area contributed by atoms with Crippen molar-refractivity contribution >= 4 is 21.5 Å². The topological polar surface area (TPSA) is 49.9 Å². The van der Waals surface area contributed by atoms with Gasteiger partial charge in [-0.1, -0.05) is 0 Å². The van der Waals surface area contributed by atoms with E-state index in [4.69, 9.17) is 4.74 Å². The Morgan fingerprint density at radius 3 is 2.76 bits per heavy atom. The maximum absolute atomic E-state index is 13.0. The Bertz CT molecular complexity index is 569. The quantitative estimate of drug-likeness (QED) is 0.831. The molecule has 0 saturated carbocycles. The van der Waals surface area contributed by atoms with Gasteiger partial charge >= 0.3 is 0 Å². The van der Waals surface area contributed by atoms with E-state index in [0.717, 1.165) is 10.4 Å². The molecule has 0 aromatic carbocycles. The molecule has 5 nitrogen and oxygen atoms in total. The molecular weight excluding hydrogens is 308 g/mol. The lowest BCUT2D eigenvalue weighted by Gasteiger charge is -2.37. The van der Waals surface area contributed by atoms with E-state index in [1.165, 1.54) is 0 Å². The molecule has 120 valence electrons. The first-order valence-corrected chi connectivity index (χ1v) is 9.51. The summed E-state index contributed by atoms with van der Waals surface area (Å²) in [6.07, 6.45) is 0. The minimum absolute atomic E-state index is 0.0773. The Hall–Kier alpha value is -0.470. The van der Waals surface area contributed by atoms with Crippen LogP contribution in [-0.4, -0.2) is 48.9 Å². The number of ether oxygens (including phenoxy) is 1. The lowest BCUT2D eigenvalue weighted by Crippen LogP contribution is -2.54. The summed E-state index contributed by atoms with van der Waals surface area (Å²) in [7, 11) is -3.47. The molecule has 2 rings (SSSR count). The second kappa shape index (κ2) is 6.75. The summed E-state index contributed by atoms with van der Waals surface area (Å²) < 4.78 is 34.5. The van der Waals surface area contributed by atoms with Crippen molar-refractivity contribution in [1.29, 1.82) is 0 Å². The molecule has 0 N–H and O–H groups in total. The highest BCUT2D eigenvalue weighted by Gasteiger charge is 2.36. The smallest absolute Gasteiger partial charge is 0.282 e. The lowest BCUT2D eigenvalue weighted by molar-refractivity contribution is 0.0356. The maximum atomic E-state index is 13.0. The highest BCUT2D eigenvalue weighted by molar-refractivity contribution is 7.86. The van der Waals surface area contributed by atoms with E-state index in [1.807, 2.05) is 39.1 Å². The van der Waals surface area contributed by atoms with Crippen LogP contribution in [0.3, 0.4) is 0 Å². The van der Waals surface area contributed by atoms with Gasteiger partial charge in [-0.05, 0) is 44.7 Å². The van der Waals surface area contributed by atoms with Crippen molar-refractivity contribution in [3.05, 3.63) is 21.9 Å². The zero-order valence-corrected chi connectivity index (χ0v) is 14.7. The van der Waals surface area contributed by atoms with Gasteiger partial charge in [0.2, 0.25) is 0 Å². The number of nitrogens with zero attached hydrogens (tertiary/aromatic N) is 2. The van der Waals surface area contributed by atoms with Crippen molar-refractivity contribution in [3.8, 4) is 0 Å². The number of thiophene rings is 1. The van der Waals surface area contributed by atoms with Crippen LogP contribution in [0.2, 0.25) is 0 Å². The number of morpholine rings is 1. The third kappa shape index (κ3) is 3.65. The van der Waals surface area contributed by atoms with E-state index >= 15 is 0 Å². The van der Waals surface area contributed by atoms with Crippen LogP contribution in [0.15, 0.2) is 11.4 Å². The highest BCUT2D eigenvalue weighted by Crippen LogP contribution is 2.24. The van der Waals surface area contributed by atoms with Gasteiger partial charge in [0, 0.05) is 30.1 Å². The van der Waals surface area contributed by atoms with Crippen molar-refractivity contribution in [1.82, 2.24) is 8.61 Å². The molecule has 1 saturated heterocycles. The minimum Gasteiger partial charge on any atom is -0.378 e. The molecule has 1 atom stereocenters. The SMILES string of the molecule is Cc1ccsc1CN(C(C)C)S(=O)(=O)N1CCOC[C@@H]1C. The third-order valence-corrected chi connectivity index (χ3v) is 7.03. The second-order valence-corrected chi connectivity index (χ2v) is 8.54. The summed E-state index contributed by atoms with van der Waals surface area (Å²) in [5.41, 5.74) is 1.15. The summed E-state index contributed by atoms with van der Waals surface area (Å²) in [4.78, 5) is 1.10. The van der Waals surface area contributed by atoms with Crippen LogP contribution in [0.5, 0.6) is 0 Å². The van der Waals surface area contributed by atoms with Gasteiger partial charge in [0.05, 0.1) is 13.2 Å². The molecule has 1 fully saturated rings. The molecule has 21 heavy (non-hydrogen) atoms. The molecule has 1 aliphatic rings. The summed E-state index contributed by atoms with van der Waals surface area (Å²) in [6.45, 7) is 9.55. The summed E-state index contributed by atoms with van der Waals surface area (Å²) >= 11 is 1.61. The fourth-order valence-corrected chi connectivity index (χ4v) is 5.33. The van der Waals surface area contributed by atoms with E-state index in [2.05, 4.69) is 0 Å². The summed E-state index contributed by atoms with van der Waals surface area (Å²) in [5.74, 6) is 0. The Balaban J connectivity index is 2.26. The predicted molar refractivity (Wildman–Crippen MR) is 85.6 cm³/mol. The monoisotopic (exact) mass is 332 g/mol. The van der Waals surface area contributed by atoms with E-state index in [1.54, 1.807) is 19.9 Å². The molecule has 1 aromatic heterocycles. The summed E-state index contributed by atoms with van der Waals surface area (Å²) in [5, 5.41) is 2.01. The normalized spacial score (nSPS) is 21.3. The largest absolute Gasteiger partial charge is 0.378 e. The zero-order valence-electron chi connectivity index (χ0n) is 13.1. The molecule has 0 amide bonds. The van der Waals surface area contributed by atoms with E-state index in [0.29, 0.717) is 26.3 Å². The first-order valence-electron chi connectivity index (χ1n) is 7.23. The zero-order chi connectivity index (χ0) is 15.6. The standard InChI is InChI=1S/C14H24N2O3S2/c1-11(2)16(9-14-12(3)5-8-20-14)21(17,18)15-6-7-19-10-13(15)4/h5,8,11,13H,6-7,9-10H2,1-4H3/t13-/m0/s1. The molecule has 0 bridgehead atoms. The van der Waals surface area contributed by atoms with Crippen molar-refractivity contribution in [3.63, 3.8) is 0 Å². The van der Waals surface area contributed by atoms with Crippen LogP contribution in [0.1, 0.15) is 31.2 Å². The fourth-order valence-electron chi connectivity index (χ4n) is 2.43. The van der Waals surface area contributed by atoms with Gasteiger partial charge in [0.25, 0.3) is 10.2 Å². The van der Waals surface area contributed by atoms with Crippen LogP contribution in [0.25, 0.3) is 0 Å². The lowest BCUT2D eigenvalue weighted by atomic mass is 10.3. The minimum atomic E-state index is -3.47. The van der Waals surface area contributed by atoms with Crippen molar-refractivity contribution in [2.45, 2.75) is 46.3 Å². The molecule has 1 aromatic rings. The molecule has 0 aliphatic carbocycles. The van der Waals surface area contributed by atoms with Crippen molar-refractivity contribution < 1.29 is 13.2 Å². The predicted octanol–water partition coefficient (Wildman–Crippen LogP) is 2.23. The summed E-state index contributed by atoms with van der Waals surface area (Å²) in [6, 6.07) is 1.84. The molecule has 7 heteroatoms. The molecular formula is C14H24N2O3S2.